The van der Waals surface area contributed by atoms with Gasteiger partial charge >= 0.3 is 0 Å². The first kappa shape index (κ1) is 10.5. The van der Waals surface area contributed by atoms with Gasteiger partial charge in [-0.1, -0.05) is 20.8 Å². The fraction of sp³-hybridized carbons (Fsp3) is 0.900. The number of amides is 1. The largest absolute Gasteiger partial charge is 0.352 e. The molecule has 0 saturated carbocycles. The topological polar surface area (TPSA) is 32.3 Å². The van der Waals surface area contributed by atoms with Gasteiger partial charge in [0.2, 0.25) is 5.91 Å². The van der Waals surface area contributed by atoms with Gasteiger partial charge in [0.15, 0.2) is 0 Å². The van der Waals surface area contributed by atoms with Gasteiger partial charge in [-0.15, -0.1) is 0 Å². The molecule has 0 aliphatic carbocycles. The number of carbonyl (C=O) groups is 1. The Hall–Kier alpha value is -0.570. The number of nitrogens with one attached hydrogen (secondary N) is 1. The van der Waals surface area contributed by atoms with Crippen LogP contribution in [0.2, 0.25) is 0 Å². The van der Waals surface area contributed by atoms with Crippen LogP contribution >= 0.6 is 0 Å². The Balaban J connectivity index is 2.59. The Labute approximate surface area is 80.5 Å². The maximum Gasteiger partial charge on any atom is 0.217 e. The molecule has 0 bridgehead atoms. The number of nitrogens with zero attached hydrogens (tertiary/aromatic N) is 1. The fourth-order valence-corrected chi connectivity index (χ4v) is 1.98. The van der Waals surface area contributed by atoms with E-state index >= 15 is 0 Å². The summed E-state index contributed by atoms with van der Waals surface area (Å²) >= 11 is 0. The summed E-state index contributed by atoms with van der Waals surface area (Å²) in [5, 5.41) is 3.02. The first-order valence-corrected chi connectivity index (χ1v) is 4.95. The van der Waals surface area contributed by atoms with Crippen molar-refractivity contribution in [3.05, 3.63) is 0 Å². The van der Waals surface area contributed by atoms with Gasteiger partial charge in [-0.3, -0.25) is 4.79 Å². The van der Waals surface area contributed by atoms with Crippen LogP contribution in [-0.4, -0.2) is 36.5 Å². The lowest BCUT2D eigenvalue weighted by molar-refractivity contribution is -0.120. The molecule has 1 aliphatic rings. The highest BCUT2D eigenvalue weighted by Crippen LogP contribution is 2.29. The van der Waals surface area contributed by atoms with E-state index in [-0.39, 0.29) is 11.3 Å². The molecule has 3 nitrogen and oxygen atoms in total. The van der Waals surface area contributed by atoms with Crippen molar-refractivity contribution < 1.29 is 4.79 Å². The second-order valence-electron chi connectivity index (χ2n) is 4.57. The van der Waals surface area contributed by atoms with Crippen molar-refractivity contribution >= 4 is 5.91 Å². The lowest BCUT2D eigenvalue weighted by Gasteiger charge is -2.25. The van der Waals surface area contributed by atoms with Gasteiger partial charge in [-0.25, -0.2) is 0 Å². The Kier molecular flexibility index (Phi) is 2.96. The Morgan fingerprint density at radius 3 is 2.62 bits per heavy atom. The highest BCUT2D eigenvalue weighted by Gasteiger charge is 2.38. The standard InChI is InChI=1S/C10H20N2O/c1-5-12-6-9(11-8(2)13)10(3,4)7-12/h9H,5-7H2,1-4H3,(H,11,13). The van der Waals surface area contributed by atoms with E-state index in [1.807, 2.05) is 0 Å². The molecule has 13 heavy (non-hydrogen) atoms. The smallest absolute Gasteiger partial charge is 0.217 e. The van der Waals surface area contributed by atoms with Crippen LogP contribution in [0.4, 0.5) is 0 Å². The van der Waals surface area contributed by atoms with Crippen molar-refractivity contribution in [2.24, 2.45) is 5.41 Å². The zero-order valence-corrected chi connectivity index (χ0v) is 9.05. The molecule has 3 heteroatoms. The van der Waals surface area contributed by atoms with E-state index in [1.165, 1.54) is 0 Å². The summed E-state index contributed by atoms with van der Waals surface area (Å²) in [5.41, 5.74) is 0.210. The normalized spacial score (nSPS) is 27.5. The highest BCUT2D eigenvalue weighted by molar-refractivity contribution is 5.73. The average molecular weight is 184 g/mol. The lowest BCUT2D eigenvalue weighted by atomic mass is 9.88. The molecule has 1 amide bonds. The Morgan fingerprint density at radius 2 is 2.23 bits per heavy atom. The number of hydrogen-bond acceptors (Lipinski definition) is 2. The summed E-state index contributed by atoms with van der Waals surface area (Å²) in [7, 11) is 0. The molecular formula is C10H20N2O. The molecule has 1 N–H and O–H groups in total. The number of likely N-dealkylation sites (tertiary alicyclic amines) is 1. The summed E-state index contributed by atoms with van der Waals surface area (Å²) in [6.45, 7) is 11.3. The number of likely N-dealkylation sites (N-methyl/N-ethyl adjacent to an activating group) is 1. The minimum absolute atomic E-state index is 0.0797. The van der Waals surface area contributed by atoms with E-state index in [2.05, 4.69) is 31.0 Å². The minimum atomic E-state index is 0.0797. The maximum absolute atomic E-state index is 11.0. The molecule has 0 radical (unpaired) electrons. The Bertz CT molecular complexity index is 201. The van der Waals surface area contributed by atoms with Crippen LogP contribution in [0.15, 0.2) is 0 Å². The number of rotatable bonds is 2. The van der Waals surface area contributed by atoms with Gasteiger partial charge in [0.25, 0.3) is 0 Å². The third-order valence-corrected chi connectivity index (χ3v) is 2.84. The summed E-state index contributed by atoms with van der Waals surface area (Å²) in [5.74, 6) is 0.0797. The van der Waals surface area contributed by atoms with Crippen LogP contribution in [0, 0.1) is 5.41 Å². The molecule has 0 spiro atoms. The van der Waals surface area contributed by atoms with Crippen molar-refractivity contribution in [1.29, 1.82) is 0 Å². The van der Waals surface area contributed by atoms with Crippen LogP contribution in [0.3, 0.4) is 0 Å². The highest BCUT2D eigenvalue weighted by atomic mass is 16.1. The van der Waals surface area contributed by atoms with Gasteiger partial charge in [0.05, 0.1) is 0 Å². The lowest BCUT2D eigenvalue weighted by Crippen LogP contribution is -2.43. The van der Waals surface area contributed by atoms with Crippen LogP contribution in [0.5, 0.6) is 0 Å². The third kappa shape index (κ3) is 2.44. The SMILES string of the molecule is CCN1CC(NC(C)=O)C(C)(C)C1. The summed E-state index contributed by atoms with van der Waals surface area (Å²) in [4.78, 5) is 13.3. The van der Waals surface area contributed by atoms with Gasteiger partial charge in [0.1, 0.15) is 0 Å². The molecule has 1 aliphatic heterocycles. The van der Waals surface area contributed by atoms with Crippen LogP contribution < -0.4 is 5.32 Å². The summed E-state index contributed by atoms with van der Waals surface area (Å²) in [6, 6.07) is 0.310. The molecule has 1 fully saturated rings. The molecule has 0 aromatic rings. The molecule has 1 unspecified atom stereocenters. The Morgan fingerprint density at radius 1 is 1.62 bits per heavy atom. The monoisotopic (exact) mass is 184 g/mol. The van der Waals surface area contributed by atoms with E-state index in [0.29, 0.717) is 6.04 Å². The summed E-state index contributed by atoms with van der Waals surface area (Å²) < 4.78 is 0. The first-order chi connectivity index (χ1) is 5.95. The molecule has 1 saturated heterocycles. The van der Waals surface area contributed by atoms with Gasteiger partial charge in [-0.05, 0) is 12.0 Å². The molecule has 1 heterocycles. The van der Waals surface area contributed by atoms with Gasteiger partial charge in [-0.2, -0.15) is 0 Å². The number of carbonyl (C=O) groups excluding carboxylic acids is 1. The molecule has 0 aromatic carbocycles. The second kappa shape index (κ2) is 3.66. The maximum atomic E-state index is 11.0. The number of hydrogen-bond donors (Lipinski definition) is 1. The van der Waals surface area contributed by atoms with Crippen molar-refractivity contribution in [1.82, 2.24) is 10.2 Å². The van der Waals surface area contributed by atoms with Crippen molar-refractivity contribution in [3.63, 3.8) is 0 Å². The molecular weight excluding hydrogens is 164 g/mol. The zero-order valence-electron chi connectivity index (χ0n) is 9.05. The van der Waals surface area contributed by atoms with Crippen LogP contribution in [0.1, 0.15) is 27.7 Å². The average Bonchev–Trinajstić information content (AvgIpc) is 2.26. The van der Waals surface area contributed by atoms with Crippen LogP contribution in [-0.2, 0) is 4.79 Å². The van der Waals surface area contributed by atoms with Gasteiger partial charge < -0.3 is 10.2 Å². The van der Waals surface area contributed by atoms with Crippen molar-refractivity contribution in [2.45, 2.75) is 33.7 Å². The van der Waals surface area contributed by atoms with E-state index in [4.69, 9.17) is 0 Å². The minimum Gasteiger partial charge on any atom is -0.352 e. The van der Waals surface area contributed by atoms with Gasteiger partial charge in [0, 0.05) is 26.1 Å². The quantitative estimate of drug-likeness (QED) is 0.690. The molecule has 1 atom stereocenters. The first-order valence-electron chi connectivity index (χ1n) is 4.95. The molecule has 76 valence electrons. The third-order valence-electron chi connectivity index (χ3n) is 2.84. The second-order valence-corrected chi connectivity index (χ2v) is 4.57. The van der Waals surface area contributed by atoms with E-state index in [0.717, 1.165) is 19.6 Å². The molecule has 0 aromatic heterocycles. The predicted octanol–water partition coefficient (Wildman–Crippen LogP) is 0.853. The van der Waals surface area contributed by atoms with Crippen molar-refractivity contribution in [2.75, 3.05) is 19.6 Å². The van der Waals surface area contributed by atoms with E-state index in [1.54, 1.807) is 6.92 Å². The predicted molar refractivity (Wildman–Crippen MR) is 53.5 cm³/mol. The van der Waals surface area contributed by atoms with E-state index in [9.17, 15) is 4.79 Å². The van der Waals surface area contributed by atoms with E-state index < -0.39 is 0 Å². The van der Waals surface area contributed by atoms with Crippen molar-refractivity contribution in [3.8, 4) is 0 Å². The molecule has 1 rings (SSSR count). The fourth-order valence-electron chi connectivity index (χ4n) is 1.98. The van der Waals surface area contributed by atoms with Crippen LogP contribution in [0.25, 0.3) is 0 Å². The summed E-state index contributed by atoms with van der Waals surface area (Å²) in [6.07, 6.45) is 0. The zero-order chi connectivity index (χ0) is 10.1.